The Kier molecular flexibility index (Phi) is 3.99. The molecule has 2 aromatic rings. The fourth-order valence-electron chi connectivity index (χ4n) is 1.34. The van der Waals surface area contributed by atoms with Gasteiger partial charge in [-0.25, -0.2) is 4.39 Å². The van der Waals surface area contributed by atoms with Gasteiger partial charge in [0, 0.05) is 17.7 Å². The van der Waals surface area contributed by atoms with Crippen molar-refractivity contribution in [3.05, 3.63) is 57.3 Å². The molecule has 0 aliphatic rings. The number of hydrogen-bond acceptors (Lipinski definition) is 2. The minimum atomic E-state index is -0.414. The number of ether oxygens (including phenoxy) is 1. The predicted octanol–water partition coefficient (Wildman–Crippen LogP) is 4.85. The van der Waals surface area contributed by atoms with Crippen LogP contribution in [0.1, 0.15) is 10.4 Å². The lowest BCUT2D eigenvalue weighted by Crippen LogP contribution is -1.88. The second-order valence-corrected chi connectivity index (χ2v) is 4.74. The molecule has 2 aromatic carbocycles. The van der Waals surface area contributed by atoms with Crippen molar-refractivity contribution in [2.24, 2.45) is 0 Å². The zero-order valence-electron chi connectivity index (χ0n) is 8.99. The Bertz CT molecular complexity index is 602. The van der Waals surface area contributed by atoms with E-state index in [2.05, 4.69) is 15.9 Å². The van der Waals surface area contributed by atoms with Gasteiger partial charge in [0.15, 0.2) is 6.29 Å². The first-order chi connectivity index (χ1) is 8.60. The Morgan fingerprint density at radius 1 is 1.17 bits per heavy atom. The van der Waals surface area contributed by atoms with Crippen LogP contribution in [-0.2, 0) is 0 Å². The molecule has 0 unspecified atom stereocenters. The third-order valence-electron chi connectivity index (χ3n) is 2.23. The first-order valence-corrected chi connectivity index (χ1v) is 6.15. The second-order valence-electron chi connectivity index (χ2n) is 3.48. The summed E-state index contributed by atoms with van der Waals surface area (Å²) in [5.74, 6) is 0.376. The molecule has 0 fully saturated rings. The normalized spacial score (nSPS) is 10.2. The maximum atomic E-state index is 13.3. The van der Waals surface area contributed by atoms with Gasteiger partial charge in [0.1, 0.15) is 17.3 Å². The van der Waals surface area contributed by atoms with Gasteiger partial charge in [-0.05, 0) is 40.2 Å². The lowest BCUT2D eigenvalue weighted by atomic mass is 10.2. The van der Waals surface area contributed by atoms with Gasteiger partial charge in [-0.1, -0.05) is 11.6 Å². The maximum absolute atomic E-state index is 13.3. The van der Waals surface area contributed by atoms with Gasteiger partial charge in [-0.3, -0.25) is 4.79 Å². The molecule has 18 heavy (non-hydrogen) atoms. The smallest absolute Gasteiger partial charge is 0.151 e. The number of aldehydes is 1. The summed E-state index contributed by atoms with van der Waals surface area (Å²) < 4.78 is 19.1. The van der Waals surface area contributed by atoms with E-state index >= 15 is 0 Å². The average molecular weight is 330 g/mol. The maximum Gasteiger partial charge on any atom is 0.151 e. The molecular formula is C13H7BrClFO2. The van der Waals surface area contributed by atoms with Gasteiger partial charge in [0.25, 0.3) is 0 Å². The molecule has 0 spiro atoms. The molecule has 92 valence electrons. The van der Waals surface area contributed by atoms with Crippen LogP contribution in [0.15, 0.2) is 40.9 Å². The molecule has 0 heterocycles. The van der Waals surface area contributed by atoms with E-state index in [-0.39, 0.29) is 0 Å². The van der Waals surface area contributed by atoms with Gasteiger partial charge < -0.3 is 4.74 Å². The Morgan fingerprint density at radius 2 is 1.83 bits per heavy atom. The zero-order chi connectivity index (χ0) is 13.1. The molecule has 0 amide bonds. The number of benzene rings is 2. The van der Waals surface area contributed by atoms with E-state index in [1.807, 2.05) is 0 Å². The van der Waals surface area contributed by atoms with Crippen LogP contribution < -0.4 is 4.74 Å². The summed E-state index contributed by atoms with van der Waals surface area (Å²) in [6.07, 6.45) is 0.658. The first-order valence-electron chi connectivity index (χ1n) is 4.98. The van der Waals surface area contributed by atoms with E-state index in [1.54, 1.807) is 24.3 Å². The standard InChI is InChI=1S/C13H7BrClFO2/c14-11-4-3-10(6-13(11)16)18-9-2-1-8(7-17)12(15)5-9/h1-7H. The lowest BCUT2D eigenvalue weighted by molar-refractivity contribution is 0.112. The summed E-state index contributed by atoms with van der Waals surface area (Å²) in [6.45, 7) is 0. The molecule has 2 rings (SSSR count). The van der Waals surface area contributed by atoms with Crippen LogP contribution in [0.5, 0.6) is 11.5 Å². The molecule has 0 aliphatic heterocycles. The van der Waals surface area contributed by atoms with Gasteiger partial charge in [-0.2, -0.15) is 0 Å². The van der Waals surface area contributed by atoms with Crippen LogP contribution in [0, 0.1) is 5.82 Å². The Balaban J connectivity index is 2.25. The van der Waals surface area contributed by atoms with Crippen LogP contribution in [0.4, 0.5) is 4.39 Å². The molecule has 0 saturated carbocycles. The summed E-state index contributed by atoms with van der Waals surface area (Å²) >= 11 is 8.91. The Morgan fingerprint density at radius 3 is 2.44 bits per heavy atom. The third kappa shape index (κ3) is 2.89. The Labute approximate surface area is 116 Å². The lowest BCUT2D eigenvalue weighted by Gasteiger charge is -2.07. The summed E-state index contributed by atoms with van der Waals surface area (Å²) in [4.78, 5) is 10.6. The van der Waals surface area contributed by atoms with Gasteiger partial charge in [-0.15, -0.1) is 0 Å². The fraction of sp³-hybridized carbons (Fsp3) is 0. The summed E-state index contributed by atoms with van der Waals surface area (Å²) in [7, 11) is 0. The quantitative estimate of drug-likeness (QED) is 0.753. The molecule has 0 radical (unpaired) electrons. The molecular weight excluding hydrogens is 322 g/mol. The van der Waals surface area contributed by atoms with Gasteiger partial charge >= 0.3 is 0 Å². The van der Waals surface area contributed by atoms with Gasteiger partial charge in [0.05, 0.1) is 9.50 Å². The second kappa shape index (κ2) is 5.50. The van der Waals surface area contributed by atoms with E-state index in [0.29, 0.717) is 32.8 Å². The topological polar surface area (TPSA) is 26.3 Å². The Hall–Kier alpha value is -1.39. The van der Waals surface area contributed by atoms with Crippen molar-refractivity contribution in [2.75, 3.05) is 0 Å². The highest BCUT2D eigenvalue weighted by molar-refractivity contribution is 9.10. The summed E-state index contributed by atoms with van der Waals surface area (Å²) in [6, 6.07) is 9.06. The van der Waals surface area contributed by atoms with Crippen molar-refractivity contribution >= 4 is 33.8 Å². The molecule has 0 atom stereocenters. The van der Waals surface area contributed by atoms with E-state index in [9.17, 15) is 9.18 Å². The summed E-state index contributed by atoms with van der Waals surface area (Å²) in [5, 5.41) is 0.292. The predicted molar refractivity (Wildman–Crippen MR) is 71.0 cm³/mol. The van der Waals surface area contributed by atoms with Crippen LogP contribution in [0.3, 0.4) is 0 Å². The number of carbonyl (C=O) groups is 1. The molecule has 0 saturated heterocycles. The van der Waals surface area contributed by atoms with E-state index in [4.69, 9.17) is 16.3 Å². The number of hydrogen-bond donors (Lipinski definition) is 0. The van der Waals surface area contributed by atoms with Gasteiger partial charge in [0.2, 0.25) is 0 Å². The van der Waals surface area contributed by atoms with Crippen LogP contribution in [0.2, 0.25) is 5.02 Å². The minimum absolute atomic E-state index is 0.292. The highest BCUT2D eigenvalue weighted by Gasteiger charge is 2.05. The van der Waals surface area contributed by atoms with Crippen LogP contribution >= 0.6 is 27.5 Å². The highest BCUT2D eigenvalue weighted by Crippen LogP contribution is 2.28. The zero-order valence-corrected chi connectivity index (χ0v) is 11.3. The van der Waals surface area contributed by atoms with Crippen molar-refractivity contribution in [1.29, 1.82) is 0 Å². The van der Waals surface area contributed by atoms with Crippen molar-refractivity contribution in [2.45, 2.75) is 0 Å². The first kappa shape index (κ1) is 13.1. The third-order valence-corrected chi connectivity index (χ3v) is 3.20. The SMILES string of the molecule is O=Cc1ccc(Oc2ccc(Br)c(F)c2)cc1Cl. The molecule has 2 nitrogen and oxygen atoms in total. The average Bonchev–Trinajstić information content (AvgIpc) is 2.34. The van der Waals surface area contributed by atoms with Crippen molar-refractivity contribution in [3.63, 3.8) is 0 Å². The van der Waals surface area contributed by atoms with Crippen molar-refractivity contribution in [1.82, 2.24) is 0 Å². The number of halogens is 3. The summed E-state index contributed by atoms with van der Waals surface area (Å²) in [5.41, 5.74) is 0.381. The van der Waals surface area contributed by atoms with E-state index < -0.39 is 5.82 Å². The number of carbonyl (C=O) groups excluding carboxylic acids is 1. The fourth-order valence-corrected chi connectivity index (χ4v) is 1.81. The largest absolute Gasteiger partial charge is 0.457 e. The van der Waals surface area contributed by atoms with Crippen molar-refractivity contribution in [3.8, 4) is 11.5 Å². The highest BCUT2D eigenvalue weighted by atomic mass is 79.9. The molecule has 5 heteroatoms. The van der Waals surface area contributed by atoms with E-state index in [1.165, 1.54) is 12.1 Å². The molecule has 0 bridgehead atoms. The minimum Gasteiger partial charge on any atom is -0.457 e. The van der Waals surface area contributed by atoms with Crippen LogP contribution in [0.25, 0.3) is 0 Å². The van der Waals surface area contributed by atoms with Crippen molar-refractivity contribution < 1.29 is 13.9 Å². The molecule has 0 aromatic heterocycles. The molecule has 0 aliphatic carbocycles. The number of rotatable bonds is 3. The van der Waals surface area contributed by atoms with E-state index in [0.717, 1.165) is 0 Å². The monoisotopic (exact) mass is 328 g/mol. The van der Waals surface area contributed by atoms with Crippen LogP contribution in [-0.4, -0.2) is 6.29 Å². The molecule has 0 N–H and O–H groups in total.